The zero-order valence-corrected chi connectivity index (χ0v) is 10.5. The number of aliphatic hydroxyl groups is 1. The normalized spacial score (nSPS) is 18.3. The van der Waals surface area contributed by atoms with Crippen molar-refractivity contribution in [1.82, 2.24) is 5.01 Å². The van der Waals surface area contributed by atoms with Gasteiger partial charge in [-0.25, -0.2) is 4.79 Å². The third-order valence-electron chi connectivity index (χ3n) is 1.94. The number of carbonyl (C=O) groups is 1. The lowest BCUT2D eigenvalue weighted by molar-refractivity contribution is -0.728. The van der Waals surface area contributed by atoms with Crippen LogP contribution < -0.4 is 0 Å². The Kier molecular flexibility index (Phi) is 4.95. The van der Waals surface area contributed by atoms with Gasteiger partial charge < -0.3 is 19.8 Å². The molecule has 9 heteroatoms. The molecule has 1 aliphatic rings. The summed E-state index contributed by atoms with van der Waals surface area (Å²) in [4.78, 5) is 15.9. The molecule has 1 fully saturated rings. The van der Waals surface area contributed by atoms with Crippen LogP contribution in [0.1, 0.15) is 20.8 Å². The van der Waals surface area contributed by atoms with Gasteiger partial charge in [-0.3, -0.25) is 4.84 Å². The smallest absolute Gasteiger partial charge is 0.511 e. The molecule has 0 aliphatic carbocycles. The maximum atomic E-state index is 11.2. The van der Waals surface area contributed by atoms with Gasteiger partial charge in [-0.15, -0.1) is 5.01 Å². The molecule has 9 nitrogen and oxygen atoms in total. The molecule has 0 radical (unpaired) electrons. The summed E-state index contributed by atoms with van der Waals surface area (Å²) >= 11 is 0. The minimum Gasteiger partial charge on any atom is -0.569 e. The first-order valence-electron chi connectivity index (χ1n) is 5.52. The number of hydrazine groups is 1. The van der Waals surface area contributed by atoms with E-state index in [2.05, 4.69) is 14.9 Å². The van der Waals surface area contributed by atoms with Gasteiger partial charge in [0, 0.05) is 6.92 Å². The van der Waals surface area contributed by atoms with Crippen LogP contribution in [0.2, 0.25) is 0 Å². The van der Waals surface area contributed by atoms with Crippen molar-refractivity contribution in [2.75, 3.05) is 13.1 Å². The van der Waals surface area contributed by atoms with Crippen LogP contribution in [0.5, 0.6) is 0 Å². The zero-order chi connectivity index (χ0) is 13.7. The SMILES string of the molecule is CC(C)OC(=O)OC(C)ON=[N+]([O-])N1CC(O)C1. The molecule has 0 spiro atoms. The Balaban J connectivity index is 2.25. The molecule has 1 rings (SSSR count). The van der Waals surface area contributed by atoms with Crippen LogP contribution in [0.15, 0.2) is 5.28 Å². The van der Waals surface area contributed by atoms with Crippen molar-refractivity contribution < 1.29 is 29.2 Å². The second-order valence-electron chi connectivity index (χ2n) is 4.07. The lowest BCUT2D eigenvalue weighted by Gasteiger charge is -2.30. The molecule has 0 amide bonds. The average molecular weight is 263 g/mol. The first-order chi connectivity index (χ1) is 8.38. The molecule has 104 valence electrons. The van der Waals surface area contributed by atoms with E-state index < -0.39 is 18.5 Å². The molecule has 0 bridgehead atoms. The molecule has 1 aliphatic heterocycles. The summed E-state index contributed by atoms with van der Waals surface area (Å²) in [6.45, 7) is 5.13. The number of hydrogen-bond donors (Lipinski definition) is 1. The van der Waals surface area contributed by atoms with Crippen molar-refractivity contribution in [2.45, 2.75) is 39.3 Å². The predicted molar refractivity (Wildman–Crippen MR) is 56.9 cm³/mol. The van der Waals surface area contributed by atoms with Gasteiger partial charge in [-0.2, -0.15) is 0 Å². The summed E-state index contributed by atoms with van der Waals surface area (Å²) in [6.07, 6.45) is -2.77. The standard InChI is InChI=1S/C9H17N3O6/c1-6(2)16-9(14)17-7(3)18-10-12(15)11-4-8(13)5-11/h6-8,13H,4-5H2,1-3H3. The summed E-state index contributed by atoms with van der Waals surface area (Å²) in [5.74, 6) is 0. The fourth-order valence-corrected chi connectivity index (χ4v) is 1.11. The Hall–Kier alpha value is -1.77. The lowest BCUT2D eigenvalue weighted by atomic mass is 10.2. The van der Waals surface area contributed by atoms with E-state index in [0.717, 1.165) is 0 Å². The molecule has 1 unspecified atom stereocenters. The number of carbonyl (C=O) groups excluding carboxylic acids is 1. The summed E-state index contributed by atoms with van der Waals surface area (Å²) in [7, 11) is 0. The predicted octanol–water partition coefficient (Wildman–Crippen LogP) is 0.380. The third kappa shape index (κ3) is 4.62. The average Bonchev–Trinajstić information content (AvgIpc) is 2.20. The van der Waals surface area contributed by atoms with Gasteiger partial charge in [-0.05, 0) is 13.8 Å². The van der Waals surface area contributed by atoms with Crippen molar-refractivity contribution in [3.05, 3.63) is 5.21 Å². The largest absolute Gasteiger partial charge is 0.569 e. The Morgan fingerprint density at radius 1 is 1.44 bits per heavy atom. The zero-order valence-electron chi connectivity index (χ0n) is 10.5. The molecule has 1 N–H and O–H groups in total. The molecule has 1 saturated heterocycles. The highest BCUT2D eigenvalue weighted by Gasteiger charge is 2.31. The van der Waals surface area contributed by atoms with Crippen LogP contribution in [-0.4, -0.2) is 52.8 Å². The van der Waals surface area contributed by atoms with E-state index >= 15 is 0 Å². The van der Waals surface area contributed by atoms with Crippen LogP contribution in [0.3, 0.4) is 0 Å². The minimum absolute atomic E-state index is 0.195. The number of β-amino-alcohol motifs (C(OH)–C–C–N with tert-alkyl or cyclic N) is 1. The molecular weight excluding hydrogens is 246 g/mol. The van der Waals surface area contributed by atoms with Crippen molar-refractivity contribution in [1.29, 1.82) is 0 Å². The monoisotopic (exact) mass is 263 g/mol. The Morgan fingerprint density at radius 2 is 2.06 bits per heavy atom. The lowest BCUT2D eigenvalue weighted by Crippen LogP contribution is -2.53. The highest BCUT2D eigenvalue weighted by atomic mass is 16.8. The minimum atomic E-state index is -1.04. The fraction of sp³-hybridized carbons (Fsp3) is 0.889. The molecule has 0 aromatic heterocycles. The highest BCUT2D eigenvalue weighted by Crippen LogP contribution is 2.08. The number of hydrogen-bond acceptors (Lipinski definition) is 7. The fourth-order valence-electron chi connectivity index (χ4n) is 1.11. The second-order valence-corrected chi connectivity index (χ2v) is 4.07. The van der Waals surface area contributed by atoms with Crippen LogP contribution in [0.4, 0.5) is 4.79 Å². The first-order valence-corrected chi connectivity index (χ1v) is 5.52. The van der Waals surface area contributed by atoms with E-state index in [-0.39, 0.29) is 24.2 Å². The molecule has 0 saturated carbocycles. The molecular formula is C9H17N3O6. The molecule has 0 aromatic carbocycles. The van der Waals surface area contributed by atoms with Crippen LogP contribution in [-0.2, 0) is 14.3 Å². The summed E-state index contributed by atoms with van der Waals surface area (Å²) in [6, 6.07) is 0. The van der Waals surface area contributed by atoms with Crippen molar-refractivity contribution in [2.24, 2.45) is 5.28 Å². The molecule has 1 atom stereocenters. The van der Waals surface area contributed by atoms with Crippen molar-refractivity contribution >= 4 is 6.16 Å². The molecule has 18 heavy (non-hydrogen) atoms. The van der Waals surface area contributed by atoms with Gasteiger partial charge in [0.25, 0.3) is 6.29 Å². The third-order valence-corrected chi connectivity index (χ3v) is 1.94. The Labute approximate surface area is 104 Å². The Morgan fingerprint density at radius 3 is 2.56 bits per heavy atom. The van der Waals surface area contributed by atoms with Crippen LogP contribution in [0.25, 0.3) is 0 Å². The molecule has 0 aromatic rings. The molecule has 1 heterocycles. The van der Waals surface area contributed by atoms with Gasteiger partial charge in [0.2, 0.25) is 5.28 Å². The van der Waals surface area contributed by atoms with Gasteiger partial charge in [0.15, 0.2) is 0 Å². The van der Waals surface area contributed by atoms with E-state index in [9.17, 15) is 10.0 Å². The number of nitrogens with zero attached hydrogens (tertiary/aromatic N) is 3. The van der Waals surface area contributed by atoms with Gasteiger partial charge in [-0.1, -0.05) is 0 Å². The van der Waals surface area contributed by atoms with Crippen molar-refractivity contribution in [3.63, 3.8) is 0 Å². The second kappa shape index (κ2) is 6.24. The van der Waals surface area contributed by atoms with Crippen LogP contribution >= 0.6 is 0 Å². The first kappa shape index (κ1) is 14.3. The van der Waals surface area contributed by atoms with E-state index in [1.807, 2.05) is 0 Å². The van der Waals surface area contributed by atoms with E-state index in [1.54, 1.807) is 13.8 Å². The van der Waals surface area contributed by atoms with E-state index in [1.165, 1.54) is 11.9 Å². The number of aliphatic hydroxyl groups excluding tert-OH is 1. The number of ether oxygens (including phenoxy) is 2. The Bertz CT molecular complexity index is 315. The summed E-state index contributed by atoms with van der Waals surface area (Å²) < 4.78 is 9.36. The van der Waals surface area contributed by atoms with Crippen molar-refractivity contribution in [3.8, 4) is 0 Å². The summed E-state index contributed by atoms with van der Waals surface area (Å²) in [5, 5.41) is 24.6. The maximum absolute atomic E-state index is 11.2. The van der Waals surface area contributed by atoms with Gasteiger partial charge in [0.1, 0.15) is 19.2 Å². The summed E-state index contributed by atoms with van der Waals surface area (Å²) in [5.41, 5.74) is 0. The number of rotatable bonds is 5. The maximum Gasteiger partial charge on any atom is 0.511 e. The van der Waals surface area contributed by atoms with E-state index in [0.29, 0.717) is 0 Å². The van der Waals surface area contributed by atoms with Crippen LogP contribution in [0, 0.1) is 5.21 Å². The van der Waals surface area contributed by atoms with Gasteiger partial charge in [0.05, 0.1) is 11.1 Å². The highest BCUT2D eigenvalue weighted by molar-refractivity contribution is 5.60. The quantitative estimate of drug-likeness (QED) is 0.251. The topological polar surface area (TPSA) is 107 Å². The van der Waals surface area contributed by atoms with E-state index in [4.69, 9.17) is 9.84 Å². The van der Waals surface area contributed by atoms with Gasteiger partial charge >= 0.3 is 6.16 Å².